The van der Waals surface area contributed by atoms with Crippen molar-refractivity contribution in [1.82, 2.24) is 0 Å². The van der Waals surface area contributed by atoms with Gasteiger partial charge in [0.15, 0.2) is 0 Å². The van der Waals surface area contributed by atoms with Crippen LogP contribution in [0.15, 0.2) is 16.8 Å². The van der Waals surface area contributed by atoms with Crippen molar-refractivity contribution >= 4 is 11.3 Å². The minimum absolute atomic E-state index is 0.0414. The first-order valence-electron chi connectivity index (χ1n) is 3.83. The summed E-state index contributed by atoms with van der Waals surface area (Å²) in [6.07, 6.45) is -4.96. The van der Waals surface area contributed by atoms with E-state index in [2.05, 4.69) is 0 Å². The van der Waals surface area contributed by atoms with Gasteiger partial charge in [-0.1, -0.05) is 0 Å². The van der Waals surface area contributed by atoms with E-state index in [1.165, 1.54) is 11.3 Å². The Morgan fingerprint density at radius 1 is 1.46 bits per heavy atom. The number of rotatable bonds is 3. The lowest BCUT2D eigenvalue weighted by Gasteiger charge is -2.11. The standard InChI is InChI=1S/C8H10F3NS/c9-8(10,11)3-1-7(12)6-2-4-13-5-6/h2,4-5,7H,1,3,12H2/t7-/m0/s1. The normalized spacial score (nSPS) is 14.5. The fourth-order valence-electron chi connectivity index (χ4n) is 0.972. The first-order chi connectivity index (χ1) is 5.99. The summed E-state index contributed by atoms with van der Waals surface area (Å²) in [7, 11) is 0. The van der Waals surface area contributed by atoms with Crippen LogP contribution in [0.3, 0.4) is 0 Å². The van der Waals surface area contributed by atoms with Crippen LogP contribution in [0.4, 0.5) is 13.2 Å². The molecule has 1 aromatic heterocycles. The average Bonchev–Trinajstić information content (AvgIpc) is 2.50. The second-order valence-corrected chi connectivity index (χ2v) is 3.60. The van der Waals surface area contributed by atoms with Gasteiger partial charge in [0.1, 0.15) is 0 Å². The highest BCUT2D eigenvalue weighted by Crippen LogP contribution is 2.26. The van der Waals surface area contributed by atoms with Gasteiger partial charge in [0.05, 0.1) is 0 Å². The van der Waals surface area contributed by atoms with Crippen molar-refractivity contribution in [3.05, 3.63) is 22.4 Å². The fourth-order valence-corrected chi connectivity index (χ4v) is 1.70. The summed E-state index contributed by atoms with van der Waals surface area (Å²) < 4.78 is 35.4. The van der Waals surface area contributed by atoms with E-state index in [9.17, 15) is 13.2 Å². The molecule has 1 nitrogen and oxygen atoms in total. The molecule has 0 spiro atoms. The van der Waals surface area contributed by atoms with E-state index in [-0.39, 0.29) is 6.42 Å². The van der Waals surface area contributed by atoms with Crippen LogP contribution in [0.2, 0.25) is 0 Å². The van der Waals surface area contributed by atoms with E-state index in [0.29, 0.717) is 0 Å². The van der Waals surface area contributed by atoms with Crippen LogP contribution in [-0.2, 0) is 0 Å². The van der Waals surface area contributed by atoms with E-state index in [1.54, 1.807) is 11.4 Å². The minimum atomic E-state index is -4.10. The first kappa shape index (κ1) is 10.5. The maximum atomic E-state index is 11.8. The van der Waals surface area contributed by atoms with Gasteiger partial charge in [-0.15, -0.1) is 0 Å². The molecule has 0 radical (unpaired) electrons. The number of nitrogens with two attached hydrogens (primary N) is 1. The molecule has 1 aromatic rings. The monoisotopic (exact) mass is 209 g/mol. The zero-order valence-corrected chi connectivity index (χ0v) is 7.66. The molecule has 0 bridgehead atoms. The molecule has 0 amide bonds. The fraction of sp³-hybridized carbons (Fsp3) is 0.500. The van der Waals surface area contributed by atoms with E-state index >= 15 is 0 Å². The molecule has 0 aliphatic carbocycles. The highest BCUT2D eigenvalue weighted by molar-refractivity contribution is 7.07. The number of hydrogen-bond acceptors (Lipinski definition) is 2. The third-order valence-electron chi connectivity index (χ3n) is 1.71. The summed E-state index contributed by atoms with van der Waals surface area (Å²) in [6.45, 7) is 0. The van der Waals surface area contributed by atoms with Crippen molar-refractivity contribution in [2.75, 3.05) is 0 Å². The van der Waals surface area contributed by atoms with Crippen LogP contribution < -0.4 is 5.73 Å². The first-order valence-corrected chi connectivity index (χ1v) is 4.78. The Hall–Kier alpha value is -0.550. The lowest BCUT2D eigenvalue weighted by Crippen LogP contribution is -2.15. The molecule has 2 N–H and O–H groups in total. The van der Waals surface area contributed by atoms with Gasteiger partial charge >= 0.3 is 6.18 Å². The predicted molar refractivity (Wildman–Crippen MR) is 46.5 cm³/mol. The van der Waals surface area contributed by atoms with Gasteiger partial charge in [0.25, 0.3) is 0 Å². The molecule has 1 heterocycles. The highest BCUT2D eigenvalue weighted by Gasteiger charge is 2.27. The van der Waals surface area contributed by atoms with Crippen molar-refractivity contribution in [3.63, 3.8) is 0 Å². The Labute approximate surface area is 78.4 Å². The minimum Gasteiger partial charge on any atom is -0.324 e. The summed E-state index contributed by atoms with van der Waals surface area (Å²) in [5.41, 5.74) is 6.34. The van der Waals surface area contributed by atoms with E-state index in [1.807, 2.05) is 5.38 Å². The molecule has 0 aromatic carbocycles. The molecule has 5 heteroatoms. The van der Waals surface area contributed by atoms with Crippen LogP contribution in [0.1, 0.15) is 24.4 Å². The summed E-state index contributed by atoms with van der Waals surface area (Å²) in [5, 5.41) is 3.59. The molecule has 1 rings (SSSR count). The second-order valence-electron chi connectivity index (χ2n) is 2.82. The summed E-state index contributed by atoms with van der Waals surface area (Å²) >= 11 is 1.44. The molecule has 0 saturated carbocycles. The van der Waals surface area contributed by atoms with Crippen molar-refractivity contribution < 1.29 is 13.2 Å². The molecule has 0 fully saturated rings. The molecular formula is C8H10F3NS. The zero-order valence-electron chi connectivity index (χ0n) is 6.84. The van der Waals surface area contributed by atoms with Crippen molar-refractivity contribution in [1.29, 1.82) is 0 Å². The summed E-state index contributed by atoms with van der Waals surface area (Å²) in [6, 6.07) is 1.26. The largest absolute Gasteiger partial charge is 0.389 e. The van der Waals surface area contributed by atoms with Gasteiger partial charge < -0.3 is 5.73 Å². The van der Waals surface area contributed by atoms with Crippen LogP contribution in [0, 0.1) is 0 Å². The molecule has 0 unspecified atom stereocenters. The maximum absolute atomic E-state index is 11.8. The lowest BCUT2D eigenvalue weighted by molar-refractivity contribution is -0.136. The van der Waals surface area contributed by atoms with E-state index < -0.39 is 18.6 Å². The maximum Gasteiger partial charge on any atom is 0.389 e. The lowest BCUT2D eigenvalue weighted by atomic mass is 10.1. The quantitative estimate of drug-likeness (QED) is 0.813. The molecule has 13 heavy (non-hydrogen) atoms. The Morgan fingerprint density at radius 2 is 2.15 bits per heavy atom. The Kier molecular flexibility index (Phi) is 3.33. The molecule has 0 saturated heterocycles. The third-order valence-corrected chi connectivity index (χ3v) is 2.41. The van der Waals surface area contributed by atoms with Gasteiger partial charge in [0.2, 0.25) is 0 Å². The van der Waals surface area contributed by atoms with Gasteiger partial charge in [-0.05, 0) is 28.8 Å². The van der Waals surface area contributed by atoms with Crippen LogP contribution in [0.25, 0.3) is 0 Å². The second kappa shape index (κ2) is 4.11. The number of thiophene rings is 1. The number of hydrogen-bond donors (Lipinski definition) is 1. The SMILES string of the molecule is N[C@@H](CCC(F)(F)F)c1ccsc1. The molecule has 0 aliphatic heterocycles. The van der Waals surface area contributed by atoms with Crippen molar-refractivity contribution in [2.24, 2.45) is 5.73 Å². The van der Waals surface area contributed by atoms with Gasteiger partial charge in [-0.2, -0.15) is 24.5 Å². The smallest absolute Gasteiger partial charge is 0.324 e. The van der Waals surface area contributed by atoms with Gasteiger partial charge in [-0.3, -0.25) is 0 Å². The van der Waals surface area contributed by atoms with E-state index in [0.717, 1.165) is 5.56 Å². The molecule has 0 aliphatic rings. The topological polar surface area (TPSA) is 26.0 Å². The predicted octanol–water partition coefficient (Wildman–Crippen LogP) is 3.09. The van der Waals surface area contributed by atoms with E-state index in [4.69, 9.17) is 5.73 Å². The Balaban J connectivity index is 2.39. The van der Waals surface area contributed by atoms with Crippen molar-refractivity contribution in [2.45, 2.75) is 25.1 Å². The molecule has 74 valence electrons. The summed E-state index contributed by atoms with van der Waals surface area (Å²) in [4.78, 5) is 0. The van der Waals surface area contributed by atoms with Gasteiger partial charge in [0, 0.05) is 12.5 Å². The highest BCUT2D eigenvalue weighted by atomic mass is 32.1. The molecule has 1 atom stereocenters. The van der Waals surface area contributed by atoms with Crippen LogP contribution in [0.5, 0.6) is 0 Å². The Bertz CT molecular complexity index is 242. The van der Waals surface area contributed by atoms with Crippen LogP contribution >= 0.6 is 11.3 Å². The number of halogens is 3. The summed E-state index contributed by atoms with van der Waals surface area (Å²) in [5.74, 6) is 0. The third kappa shape index (κ3) is 3.78. The average molecular weight is 209 g/mol. The molecular weight excluding hydrogens is 199 g/mol. The number of alkyl halides is 3. The van der Waals surface area contributed by atoms with Gasteiger partial charge in [-0.25, -0.2) is 0 Å². The van der Waals surface area contributed by atoms with Crippen LogP contribution in [-0.4, -0.2) is 6.18 Å². The Morgan fingerprint density at radius 3 is 2.62 bits per heavy atom. The zero-order chi connectivity index (χ0) is 9.90. The van der Waals surface area contributed by atoms with Crippen molar-refractivity contribution in [3.8, 4) is 0 Å².